The van der Waals surface area contributed by atoms with Crippen molar-refractivity contribution in [3.05, 3.63) is 69.7 Å². The second kappa shape index (κ2) is 6.83. The summed E-state index contributed by atoms with van der Waals surface area (Å²) in [5.41, 5.74) is 2.36. The highest BCUT2D eigenvalue weighted by molar-refractivity contribution is 6.32. The Morgan fingerprint density at radius 2 is 1.29 bits per heavy atom. The first-order valence-corrected chi connectivity index (χ1v) is 8.15. The summed E-state index contributed by atoms with van der Waals surface area (Å²) < 4.78 is 0. The van der Waals surface area contributed by atoms with Gasteiger partial charge in [0.15, 0.2) is 0 Å². The van der Waals surface area contributed by atoms with Gasteiger partial charge in [-0.05, 0) is 42.0 Å². The minimum atomic E-state index is 0.253. The van der Waals surface area contributed by atoms with Crippen LogP contribution in [0.3, 0.4) is 0 Å². The van der Waals surface area contributed by atoms with Crippen molar-refractivity contribution in [2.45, 2.75) is 18.8 Å². The molecule has 0 spiro atoms. The van der Waals surface area contributed by atoms with E-state index in [-0.39, 0.29) is 5.92 Å². The molecule has 2 aromatic carbocycles. The maximum Gasteiger partial charge on any atom is 0.0444 e. The number of rotatable bonds is 3. The second-order valence-electron chi connectivity index (χ2n) is 5.53. The number of halogens is 2. The Morgan fingerprint density at radius 3 is 1.76 bits per heavy atom. The molecular formula is C18H18Cl2N. The van der Waals surface area contributed by atoms with Crippen LogP contribution in [0.2, 0.25) is 10.0 Å². The third kappa shape index (κ3) is 3.26. The molecule has 1 aliphatic rings. The summed E-state index contributed by atoms with van der Waals surface area (Å²) in [5.74, 6) is 0.796. The van der Waals surface area contributed by atoms with Gasteiger partial charge in [-0.3, -0.25) is 0 Å². The molecular weight excluding hydrogens is 301 g/mol. The highest BCUT2D eigenvalue weighted by Gasteiger charge is 2.29. The lowest BCUT2D eigenvalue weighted by Crippen LogP contribution is -2.27. The Hall–Kier alpha value is -1.02. The van der Waals surface area contributed by atoms with Crippen molar-refractivity contribution in [1.29, 1.82) is 0 Å². The average molecular weight is 319 g/mol. The lowest BCUT2D eigenvalue weighted by molar-refractivity contribution is 0.338. The molecule has 1 nitrogen and oxygen atoms in total. The van der Waals surface area contributed by atoms with Crippen molar-refractivity contribution in [1.82, 2.24) is 5.32 Å². The summed E-state index contributed by atoms with van der Waals surface area (Å²) in [4.78, 5) is 0. The summed E-state index contributed by atoms with van der Waals surface area (Å²) in [6.45, 7) is 1.88. The molecule has 1 saturated heterocycles. The summed E-state index contributed by atoms with van der Waals surface area (Å²) in [6, 6.07) is 16.2. The van der Waals surface area contributed by atoms with E-state index in [0.717, 1.165) is 36.0 Å². The van der Waals surface area contributed by atoms with Crippen LogP contribution >= 0.6 is 23.2 Å². The van der Waals surface area contributed by atoms with Crippen molar-refractivity contribution in [2.24, 2.45) is 5.92 Å². The molecule has 1 radical (unpaired) electrons. The monoisotopic (exact) mass is 318 g/mol. The van der Waals surface area contributed by atoms with Gasteiger partial charge in [-0.2, -0.15) is 0 Å². The lowest BCUT2D eigenvalue weighted by atomic mass is 9.76. The van der Waals surface area contributed by atoms with Gasteiger partial charge in [0.2, 0.25) is 0 Å². The van der Waals surface area contributed by atoms with E-state index < -0.39 is 0 Å². The van der Waals surface area contributed by atoms with Gasteiger partial charge in [0.05, 0.1) is 0 Å². The molecule has 109 valence electrons. The topological polar surface area (TPSA) is 14.1 Å². The van der Waals surface area contributed by atoms with E-state index in [1.54, 1.807) is 0 Å². The van der Waals surface area contributed by atoms with E-state index in [1.807, 2.05) is 24.3 Å². The van der Waals surface area contributed by atoms with Gasteiger partial charge in [0.25, 0.3) is 0 Å². The molecule has 0 atom stereocenters. The molecule has 2 aromatic rings. The van der Waals surface area contributed by atoms with Crippen LogP contribution in [0.15, 0.2) is 48.5 Å². The standard InChI is InChI=1S/C18H18Cl2N/c19-16-7-3-1-5-14(16)18(13-9-11-21-12-10-13)15-6-2-4-8-17(15)20/h1-8,13,18H,9-12H2. The summed E-state index contributed by atoms with van der Waals surface area (Å²) in [6.07, 6.45) is 2.20. The Morgan fingerprint density at radius 1 is 0.810 bits per heavy atom. The van der Waals surface area contributed by atoms with E-state index in [4.69, 9.17) is 23.2 Å². The number of hydrogen-bond donors (Lipinski definition) is 0. The zero-order chi connectivity index (χ0) is 14.7. The van der Waals surface area contributed by atoms with Crippen molar-refractivity contribution in [3.8, 4) is 0 Å². The van der Waals surface area contributed by atoms with Gasteiger partial charge in [-0.1, -0.05) is 59.6 Å². The van der Waals surface area contributed by atoms with E-state index in [9.17, 15) is 0 Å². The first-order chi connectivity index (χ1) is 10.3. The van der Waals surface area contributed by atoms with Crippen molar-refractivity contribution < 1.29 is 0 Å². The first kappa shape index (κ1) is 14.9. The number of hydrogen-bond acceptors (Lipinski definition) is 0. The molecule has 0 bridgehead atoms. The summed E-state index contributed by atoms with van der Waals surface area (Å²) in [5, 5.41) is 6.12. The Kier molecular flexibility index (Phi) is 4.84. The minimum absolute atomic E-state index is 0.253. The van der Waals surface area contributed by atoms with Gasteiger partial charge in [0, 0.05) is 29.1 Å². The van der Waals surface area contributed by atoms with Crippen LogP contribution in [0.4, 0.5) is 0 Å². The summed E-state index contributed by atoms with van der Waals surface area (Å²) >= 11 is 12.9. The average Bonchev–Trinajstić information content (AvgIpc) is 2.52. The third-order valence-electron chi connectivity index (χ3n) is 4.27. The fourth-order valence-corrected chi connectivity index (χ4v) is 3.74. The van der Waals surface area contributed by atoms with Crippen molar-refractivity contribution >= 4 is 23.2 Å². The van der Waals surface area contributed by atoms with Gasteiger partial charge < -0.3 is 0 Å². The van der Waals surface area contributed by atoms with E-state index in [1.165, 1.54) is 11.1 Å². The van der Waals surface area contributed by atoms with Crippen LogP contribution in [0.5, 0.6) is 0 Å². The molecule has 0 unspecified atom stereocenters. The highest BCUT2D eigenvalue weighted by atomic mass is 35.5. The molecule has 0 saturated carbocycles. The smallest absolute Gasteiger partial charge is 0.0444 e. The largest absolute Gasteiger partial charge is 0.242 e. The molecule has 0 N–H and O–H groups in total. The zero-order valence-electron chi connectivity index (χ0n) is 11.8. The van der Waals surface area contributed by atoms with E-state index in [2.05, 4.69) is 29.6 Å². The van der Waals surface area contributed by atoms with Crippen LogP contribution in [-0.2, 0) is 0 Å². The quantitative estimate of drug-likeness (QED) is 0.744. The minimum Gasteiger partial charge on any atom is -0.242 e. The number of piperidine rings is 1. The fraction of sp³-hybridized carbons (Fsp3) is 0.333. The molecule has 0 aliphatic carbocycles. The van der Waals surface area contributed by atoms with Crippen LogP contribution in [0, 0.1) is 5.92 Å². The van der Waals surface area contributed by atoms with Crippen molar-refractivity contribution in [3.63, 3.8) is 0 Å². The third-order valence-corrected chi connectivity index (χ3v) is 4.96. The lowest BCUT2D eigenvalue weighted by Gasteiger charge is -2.32. The molecule has 3 rings (SSSR count). The second-order valence-corrected chi connectivity index (χ2v) is 6.34. The maximum absolute atomic E-state index is 6.47. The van der Waals surface area contributed by atoms with Crippen molar-refractivity contribution in [2.75, 3.05) is 13.1 Å². The van der Waals surface area contributed by atoms with E-state index in [0.29, 0.717) is 5.92 Å². The first-order valence-electron chi connectivity index (χ1n) is 7.39. The Labute approximate surface area is 136 Å². The molecule has 0 aromatic heterocycles. The predicted octanol–water partition coefficient (Wildman–Crippen LogP) is 5.14. The van der Waals surface area contributed by atoms with E-state index >= 15 is 0 Å². The van der Waals surface area contributed by atoms with Crippen LogP contribution < -0.4 is 5.32 Å². The normalized spacial score (nSPS) is 16.3. The zero-order valence-corrected chi connectivity index (χ0v) is 13.3. The van der Waals surface area contributed by atoms with Gasteiger partial charge in [0.1, 0.15) is 0 Å². The fourth-order valence-electron chi connectivity index (χ4n) is 3.23. The molecule has 3 heteroatoms. The van der Waals surface area contributed by atoms with Crippen LogP contribution in [0.25, 0.3) is 0 Å². The van der Waals surface area contributed by atoms with Gasteiger partial charge in [-0.15, -0.1) is 0 Å². The Bertz CT molecular complexity index is 560. The molecule has 1 fully saturated rings. The van der Waals surface area contributed by atoms with Crippen LogP contribution in [0.1, 0.15) is 29.9 Å². The maximum atomic E-state index is 6.47. The SMILES string of the molecule is Clc1ccccc1C(c1ccccc1Cl)C1CC[N]CC1. The summed E-state index contributed by atoms with van der Waals surface area (Å²) in [7, 11) is 0. The Balaban J connectivity index is 2.07. The van der Waals surface area contributed by atoms with Crippen LogP contribution in [-0.4, -0.2) is 13.1 Å². The highest BCUT2D eigenvalue weighted by Crippen LogP contribution is 2.42. The molecule has 0 amide bonds. The van der Waals surface area contributed by atoms with Gasteiger partial charge in [-0.25, -0.2) is 5.32 Å². The molecule has 1 heterocycles. The number of benzene rings is 2. The van der Waals surface area contributed by atoms with Gasteiger partial charge >= 0.3 is 0 Å². The molecule has 21 heavy (non-hydrogen) atoms. The predicted molar refractivity (Wildman–Crippen MR) is 89.3 cm³/mol. The number of nitrogens with zero attached hydrogens (tertiary/aromatic N) is 1. The molecule has 1 aliphatic heterocycles.